The van der Waals surface area contributed by atoms with Crippen molar-refractivity contribution in [2.24, 2.45) is 0 Å². The van der Waals surface area contributed by atoms with E-state index in [0.29, 0.717) is 5.56 Å². The van der Waals surface area contributed by atoms with Crippen molar-refractivity contribution in [3.63, 3.8) is 0 Å². The molecule has 3 nitrogen and oxygen atoms in total. The van der Waals surface area contributed by atoms with E-state index in [1.165, 1.54) is 5.57 Å². The summed E-state index contributed by atoms with van der Waals surface area (Å²) < 4.78 is 0. The maximum absolute atomic E-state index is 11.1. The number of phenolic OH excluding ortho intramolecular Hbond substituents is 1. The summed E-state index contributed by atoms with van der Waals surface area (Å²) in [6.07, 6.45) is 4.85. The molecule has 2 aliphatic heterocycles. The lowest BCUT2D eigenvalue weighted by molar-refractivity contribution is 0.112. The molecule has 0 amide bonds. The number of benzene rings is 1. The minimum atomic E-state index is -0.0403. The van der Waals surface area contributed by atoms with Gasteiger partial charge in [0.2, 0.25) is 0 Å². The third-order valence-corrected chi connectivity index (χ3v) is 4.30. The van der Waals surface area contributed by atoms with Crippen molar-refractivity contribution in [1.29, 1.82) is 0 Å². The van der Waals surface area contributed by atoms with E-state index in [1.807, 2.05) is 6.07 Å². The van der Waals surface area contributed by atoms with Crippen LogP contribution in [0, 0.1) is 0 Å². The average Bonchev–Trinajstić information content (AvgIpc) is 2.37. The Morgan fingerprint density at radius 2 is 2.16 bits per heavy atom. The minimum absolute atomic E-state index is 0.0403. The van der Waals surface area contributed by atoms with Crippen LogP contribution in [0.15, 0.2) is 12.1 Å². The SMILES string of the molecule is CC1=CC(C)(C)N2CCCc3c(O)c(C=O)cc1c32. The number of nitrogens with zero attached hydrogens (tertiary/aromatic N) is 1. The van der Waals surface area contributed by atoms with Crippen molar-refractivity contribution in [3.8, 4) is 5.75 Å². The largest absolute Gasteiger partial charge is 0.507 e. The molecule has 0 radical (unpaired) electrons. The molecule has 19 heavy (non-hydrogen) atoms. The van der Waals surface area contributed by atoms with Crippen LogP contribution in [0.5, 0.6) is 5.75 Å². The van der Waals surface area contributed by atoms with Crippen molar-refractivity contribution in [2.75, 3.05) is 11.4 Å². The number of hydrogen-bond acceptors (Lipinski definition) is 3. The van der Waals surface area contributed by atoms with Gasteiger partial charge in [-0.3, -0.25) is 4.79 Å². The van der Waals surface area contributed by atoms with Gasteiger partial charge in [0.25, 0.3) is 0 Å². The monoisotopic (exact) mass is 257 g/mol. The van der Waals surface area contributed by atoms with E-state index in [-0.39, 0.29) is 11.3 Å². The number of aromatic hydroxyl groups is 1. The van der Waals surface area contributed by atoms with Crippen molar-refractivity contribution < 1.29 is 9.90 Å². The molecule has 3 rings (SSSR count). The molecule has 1 aromatic rings. The van der Waals surface area contributed by atoms with E-state index in [0.717, 1.165) is 42.5 Å². The van der Waals surface area contributed by atoms with Crippen molar-refractivity contribution >= 4 is 17.5 Å². The lowest BCUT2D eigenvalue weighted by Crippen LogP contribution is -2.47. The molecule has 1 aromatic carbocycles. The van der Waals surface area contributed by atoms with E-state index in [9.17, 15) is 9.90 Å². The summed E-state index contributed by atoms with van der Waals surface area (Å²) in [5.74, 6) is 0.170. The number of carbonyl (C=O) groups excluding carboxylic acids is 1. The summed E-state index contributed by atoms with van der Waals surface area (Å²) in [6.45, 7) is 7.46. The Labute approximate surface area is 113 Å². The van der Waals surface area contributed by atoms with E-state index in [1.54, 1.807) is 0 Å². The fourth-order valence-electron chi connectivity index (χ4n) is 3.46. The lowest BCUT2D eigenvalue weighted by Gasteiger charge is -2.46. The molecule has 3 heteroatoms. The number of anilines is 1. The highest BCUT2D eigenvalue weighted by Crippen LogP contribution is 2.47. The first kappa shape index (κ1) is 12.3. The van der Waals surface area contributed by atoms with Crippen LogP contribution in [0.4, 0.5) is 5.69 Å². The van der Waals surface area contributed by atoms with Crippen LogP contribution in [0.1, 0.15) is 48.7 Å². The molecular formula is C16H19NO2. The highest BCUT2D eigenvalue weighted by Gasteiger charge is 2.36. The number of rotatable bonds is 1. The van der Waals surface area contributed by atoms with Gasteiger partial charge in [-0.15, -0.1) is 0 Å². The van der Waals surface area contributed by atoms with Crippen molar-refractivity contribution in [3.05, 3.63) is 28.8 Å². The summed E-state index contributed by atoms with van der Waals surface area (Å²) in [4.78, 5) is 13.5. The molecule has 0 atom stereocenters. The molecule has 0 aliphatic carbocycles. The number of aldehydes is 1. The van der Waals surface area contributed by atoms with Gasteiger partial charge in [0.1, 0.15) is 5.75 Å². The molecule has 0 aromatic heterocycles. The molecule has 2 heterocycles. The Morgan fingerprint density at radius 1 is 1.42 bits per heavy atom. The first-order valence-corrected chi connectivity index (χ1v) is 6.77. The molecular weight excluding hydrogens is 238 g/mol. The third kappa shape index (κ3) is 1.61. The van der Waals surface area contributed by atoms with Crippen LogP contribution >= 0.6 is 0 Å². The van der Waals surface area contributed by atoms with E-state index >= 15 is 0 Å². The van der Waals surface area contributed by atoms with Crippen LogP contribution in [0.25, 0.3) is 5.57 Å². The summed E-state index contributed by atoms with van der Waals surface area (Å²) >= 11 is 0. The van der Waals surface area contributed by atoms with E-state index in [4.69, 9.17) is 0 Å². The van der Waals surface area contributed by atoms with Gasteiger partial charge in [0.05, 0.1) is 16.8 Å². The van der Waals surface area contributed by atoms with Gasteiger partial charge in [-0.05, 0) is 45.3 Å². The smallest absolute Gasteiger partial charge is 0.153 e. The first-order valence-electron chi connectivity index (χ1n) is 6.77. The highest BCUT2D eigenvalue weighted by molar-refractivity contribution is 5.91. The van der Waals surface area contributed by atoms with Crippen LogP contribution in [-0.2, 0) is 6.42 Å². The van der Waals surface area contributed by atoms with Gasteiger partial charge < -0.3 is 10.0 Å². The molecule has 0 saturated carbocycles. The summed E-state index contributed by atoms with van der Waals surface area (Å²) in [5, 5.41) is 10.3. The standard InChI is InChI=1S/C16H19NO2/c1-10-8-16(2,3)17-6-4-5-12-14(17)13(10)7-11(9-18)15(12)19/h7-9,19H,4-6H2,1-3H3. The van der Waals surface area contributed by atoms with Crippen LogP contribution in [-0.4, -0.2) is 23.5 Å². The van der Waals surface area contributed by atoms with Gasteiger partial charge in [0, 0.05) is 17.7 Å². The maximum Gasteiger partial charge on any atom is 0.153 e. The van der Waals surface area contributed by atoms with Crippen molar-refractivity contribution in [2.45, 2.75) is 39.2 Å². The Bertz CT molecular complexity index is 599. The molecule has 0 unspecified atom stereocenters. The van der Waals surface area contributed by atoms with Gasteiger partial charge in [0.15, 0.2) is 6.29 Å². The zero-order chi connectivity index (χ0) is 13.8. The molecule has 0 fully saturated rings. The third-order valence-electron chi connectivity index (χ3n) is 4.30. The summed E-state index contributed by atoms with van der Waals surface area (Å²) in [5.41, 5.74) is 4.70. The zero-order valence-corrected chi connectivity index (χ0v) is 11.7. The van der Waals surface area contributed by atoms with Gasteiger partial charge in [-0.1, -0.05) is 6.08 Å². The lowest BCUT2D eigenvalue weighted by atomic mass is 9.82. The Kier molecular flexibility index (Phi) is 2.49. The molecule has 0 saturated heterocycles. The summed E-state index contributed by atoms with van der Waals surface area (Å²) in [7, 11) is 0. The fraction of sp³-hybridized carbons (Fsp3) is 0.438. The number of hydrogen-bond donors (Lipinski definition) is 1. The molecule has 1 N–H and O–H groups in total. The number of allylic oxidation sites excluding steroid dienone is 1. The molecule has 2 aliphatic rings. The average molecular weight is 257 g/mol. The normalized spacial score (nSPS) is 19.7. The number of carbonyl (C=O) groups is 1. The second-order valence-electron chi connectivity index (χ2n) is 6.04. The highest BCUT2D eigenvalue weighted by atomic mass is 16.3. The van der Waals surface area contributed by atoms with E-state index < -0.39 is 0 Å². The van der Waals surface area contributed by atoms with Crippen LogP contribution in [0.3, 0.4) is 0 Å². The topological polar surface area (TPSA) is 40.5 Å². The predicted molar refractivity (Wildman–Crippen MR) is 76.9 cm³/mol. The first-order chi connectivity index (χ1) is 8.95. The fourth-order valence-corrected chi connectivity index (χ4v) is 3.46. The van der Waals surface area contributed by atoms with Crippen molar-refractivity contribution in [1.82, 2.24) is 0 Å². The number of phenols is 1. The molecule has 0 bridgehead atoms. The zero-order valence-electron chi connectivity index (χ0n) is 11.7. The molecule has 100 valence electrons. The summed E-state index contributed by atoms with van der Waals surface area (Å²) in [6, 6.07) is 1.82. The van der Waals surface area contributed by atoms with Crippen LogP contribution < -0.4 is 4.90 Å². The molecule has 0 spiro atoms. The second-order valence-corrected chi connectivity index (χ2v) is 6.04. The van der Waals surface area contributed by atoms with Gasteiger partial charge >= 0.3 is 0 Å². The van der Waals surface area contributed by atoms with E-state index in [2.05, 4.69) is 31.7 Å². The predicted octanol–water partition coefficient (Wildman–Crippen LogP) is 3.15. The Morgan fingerprint density at radius 3 is 2.84 bits per heavy atom. The Hall–Kier alpha value is -1.77. The van der Waals surface area contributed by atoms with Gasteiger partial charge in [-0.2, -0.15) is 0 Å². The minimum Gasteiger partial charge on any atom is -0.507 e. The quantitative estimate of drug-likeness (QED) is 0.786. The second kappa shape index (κ2) is 3.86. The maximum atomic E-state index is 11.1. The van der Waals surface area contributed by atoms with Crippen LogP contribution in [0.2, 0.25) is 0 Å². The Balaban J connectivity index is 2.36. The van der Waals surface area contributed by atoms with Gasteiger partial charge in [-0.25, -0.2) is 0 Å².